The normalized spacial score (nSPS) is 11.2. The quantitative estimate of drug-likeness (QED) is 0.899. The number of aryl methyl sites for hydroxylation is 1. The van der Waals surface area contributed by atoms with Crippen molar-refractivity contribution >= 4 is 0 Å². The van der Waals surface area contributed by atoms with Gasteiger partial charge in [0.25, 0.3) is 0 Å². The van der Waals surface area contributed by atoms with Crippen molar-refractivity contribution in [3.05, 3.63) is 36.0 Å². The Hall–Kier alpha value is -1.75. The van der Waals surface area contributed by atoms with Crippen LogP contribution in [0.25, 0.3) is 11.3 Å². The Labute approximate surface area is 112 Å². The molecule has 0 aliphatic rings. The lowest BCUT2D eigenvalue weighted by Crippen LogP contribution is -2.19. The van der Waals surface area contributed by atoms with E-state index >= 15 is 0 Å². The Morgan fingerprint density at radius 2 is 2.16 bits per heavy atom. The van der Waals surface area contributed by atoms with E-state index in [2.05, 4.69) is 29.2 Å². The predicted octanol–water partition coefficient (Wildman–Crippen LogP) is 2.37. The summed E-state index contributed by atoms with van der Waals surface area (Å²) in [4.78, 5) is 3.87. The first-order valence-electron chi connectivity index (χ1n) is 6.40. The summed E-state index contributed by atoms with van der Waals surface area (Å²) in [5.74, 6) is 0.250. The summed E-state index contributed by atoms with van der Waals surface area (Å²) in [6.45, 7) is 5.98. The number of hydrogen-bond acceptors (Lipinski definition) is 3. The Kier molecular flexibility index (Phi) is 4.27. The van der Waals surface area contributed by atoms with Crippen LogP contribution in [0.5, 0.6) is 0 Å². The number of aromatic nitrogens is 3. The van der Waals surface area contributed by atoms with Crippen molar-refractivity contribution in [2.75, 3.05) is 6.54 Å². The van der Waals surface area contributed by atoms with Gasteiger partial charge in [-0.3, -0.25) is 9.67 Å². The van der Waals surface area contributed by atoms with Gasteiger partial charge in [0.15, 0.2) is 0 Å². The van der Waals surface area contributed by atoms with E-state index in [-0.39, 0.29) is 5.82 Å². The van der Waals surface area contributed by atoms with E-state index < -0.39 is 0 Å². The second-order valence-corrected chi connectivity index (χ2v) is 5.09. The van der Waals surface area contributed by atoms with E-state index in [1.165, 1.54) is 12.3 Å². The number of rotatable bonds is 5. The molecule has 2 rings (SSSR count). The van der Waals surface area contributed by atoms with E-state index in [1.54, 1.807) is 10.9 Å². The highest BCUT2D eigenvalue weighted by atomic mass is 19.1. The standard InChI is InChI=1S/C14H19FN4/c1-10(2)5-16-7-12-9-19(3)18-14(12)11-4-13(15)8-17-6-11/h4,6,8-10,16H,5,7H2,1-3H3. The third-order valence-electron chi connectivity index (χ3n) is 2.75. The molecule has 2 aromatic heterocycles. The molecule has 19 heavy (non-hydrogen) atoms. The van der Waals surface area contributed by atoms with Crippen molar-refractivity contribution in [3.8, 4) is 11.3 Å². The van der Waals surface area contributed by atoms with Gasteiger partial charge in [-0.15, -0.1) is 0 Å². The monoisotopic (exact) mass is 262 g/mol. The maximum Gasteiger partial charge on any atom is 0.142 e. The molecule has 0 aliphatic carbocycles. The van der Waals surface area contributed by atoms with E-state index in [1.807, 2.05) is 13.2 Å². The van der Waals surface area contributed by atoms with Crippen molar-refractivity contribution in [2.24, 2.45) is 13.0 Å². The largest absolute Gasteiger partial charge is 0.312 e. The molecule has 0 aromatic carbocycles. The molecule has 0 saturated carbocycles. The summed E-state index contributed by atoms with van der Waals surface area (Å²) in [6.07, 6.45) is 4.79. The summed E-state index contributed by atoms with van der Waals surface area (Å²) in [5.41, 5.74) is 2.54. The smallest absolute Gasteiger partial charge is 0.142 e. The van der Waals surface area contributed by atoms with Gasteiger partial charge in [-0.25, -0.2) is 4.39 Å². The SMILES string of the molecule is CC(C)CNCc1cn(C)nc1-c1cncc(F)c1. The molecule has 0 atom stereocenters. The van der Waals surface area contributed by atoms with Gasteiger partial charge in [-0.2, -0.15) is 5.10 Å². The van der Waals surface area contributed by atoms with Crippen LogP contribution in [0.4, 0.5) is 4.39 Å². The zero-order valence-electron chi connectivity index (χ0n) is 11.5. The Balaban J connectivity index is 2.21. The van der Waals surface area contributed by atoms with Crippen LogP contribution in [0, 0.1) is 11.7 Å². The molecule has 1 N–H and O–H groups in total. The molecule has 0 unspecified atom stereocenters. The molecule has 2 aromatic rings. The lowest BCUT2D eigenvalue weighted by Gasteiger charge is -2.07. The molecule has 0 saturated heterocycles. The van der Waals surface area contributed by atoms with Gasteiger partial charge >= 0.3 is 0 Å². The third-order valence-corrected chi connectivity index (χ3v) is 2.75. The van der Waals surface area contributed by atoms with Crippen LogP contribution < -0.4 is 5.32 Å². The minimum Gasteiger partial charge on any atom is -0.312 e. The second kappa shape index (κ2) is 5.93. The van der Waals surface area contributed by atoms with Crippen LogP contribution in [-0.4, -0.2) is 21.3 Å². The average Bonchev–Trinajstić information content (AvgIpc) is 2.70. The van der Waals surface area contributed by atoms with Crippen LogP contribution in [0.2, 0.25) is 0 Å². The Morgan fingerprint density at radius 1 is 1.37 bits per heavy atom. The minimum atomic E-state index is -0.343. The van der Waals surface area contributed by atoms with Gasteiger partial charge < -0.3 is 5.32 Å². The summed E-state index contributed by atoms with van der Waals surface area (Å²) in [5, 5.41) is 7.76. The summed E-state index contributed by atoms with van der Waals surface area (Å²) >= 11 is 0. The molecule has 5 heteroatoms. The maximum atomic E-state index is 13.2. The van der Waals surface area contributed by atoms with Crippen LogP contribution >= 0.6 is 0 Å². The van der Waals surface area contributed by atoms with Gasteiger partial charge in [0.2, 0.25) is 0 Å². The zero-order valence-corrected chi connectivity index (χ0v) is 11.5. The van der Waals surface area contributed by atoms with Crippen molar-refractivity contribution in [1.29, 1.82) is 0 Å². The lowest BCUT2D eigenvalue weighted by atomic mass is 10.1. The van der Waals surface area contributed by atoms with Crippen LogP contribution in [0.1, 0.15) is 19.4 Å². The zero-order chi connectivity index (χ0) is 13.8. The number of nitrogens with zero attached hydrogens (tertiary/aromatic N) is 3. The van der Waals surface area contributed by atoms with Gasteiger partial charge in [-0.05, 0) is 18.5 Å². The van der Waals surface area contributed by atoms with E-state index in [4.69, 9.17) is 0 Å². The number of nitrogens with one attached hydrogen (secondary N) is 1. The minimum absolute atomic E-state index is 0.343. The predicted molar refractivity (Wildman–Crippen MR) is 72.9 cm³/mol. The molecule has 0 amide bonds. The first kappa shape index (κ1) is 13.7. The highest BCUT2D eigenvalue weighted by molar-refractivity contribution is 5.61. The van der Waals surface area contributed by atoms with Gasteiger partial charge in [0.1, 0.15) is 5.82 Å². The highest BCUT2D eigenvalue weighted by Crippen LogP contribution is 2.21. The molecule has 0 bridgehead atoms. The summed E-state index contributed by atoms with van der Waals surface area (Å²) in [7, 11) is 1.86. The Morgan fingerprint density at radius 3 is 2.84 bits per heavy atom. The lowest BCUT2D eigenvalue weighted by molar-refractivity contribution is 0.552. The topological polar surface area (TPSA) is 42.7 Å². The van der Waals surface area contributed by atoms with E-state index in [9.17, 15) is 4.39 Å². The molecule has 2 heterocycles. The average molecular weight is 262 g/mol. The van der Waals surface area contributed by atoms with Crippen molar-refractivity contribution < 1.29 is 4.39 Å². The summed E-state index contributed by atoms with van der Waals surface area (Å²) < 4.78 is 15.0. The van der Waals surface area contributed by atoms with Crippen molar-refractivity contribution in [3.63, 3.8) is 0 Å². The molecule has 4 nitrogen and oxygen atoms in total. The van der Waals surface area contributed by atoms with Crippen LogP contribution in [0.3, 0.4) is 0 Å². The van der Waals surface area contributed by atoms with Crippen LogP contribution in [-0.2, 0) is 13.6 Å². The number of hydrogen-bond donors (Lipinski definition) is 1. The van der Waals surface area contributed by atoms with Gasteiger partial charge in [-0.1, -0.05) is 13.8 Å². The Bertz CT molecular complexity index is 548. The first-order valence-corrected chi connectivity index (χ1v) is 6.40. The van der Waals surface area contributed by atoms with Gasteiger partial charge in [0, 0.05) is 37.1 Å². The fraction of sp³-hybridized carbons (Fsp3) is 0.429. The van der Waals surface area contributed by atoms with Crippen molar-refractivity contribution in [2.45, 2.75) is 20.4 Å². The molecule has 0 radical (unpaired) electrons. The molecule has 0 fully saturated rings. The third kappa shape index (κ3) is 3.61. The van der Waals surface area contributed by atoms with Crippen molar-refractivity contribution in [1.82, 2.24) is 20.1 Å². The van der Waals surface area contributed by atoms with Crippen LogP contribution in [0.15, 0.2) is 24.7 Å². The maximum absolute atomic E-state index is 13.2. The van der Waals surface area contributed by atoms with E-state index in [0.717, 1.165) is 24.3 Å². The fourth-order valence-corrected chi connectivity index (χ4v) is 1.95. The fourth-order valence-electron chi connectivity index (χ4n) is 1.95. The highest BCUT2D eigenvalue weighted by Gasteiger charge is 2.11. The molecule has 0 aliphatic heterocycles. The number of halogens is 1. The molecule has 0 spiro atoms. The first-order chi connectivity index (χ1) is 9.06. The van der Waals surface area contributed by atoms with Gasteiger partial charge in [0.05, 0.1) is 11.9 Å². The molecule has 102 valence electrons. The summed E-state index contributed by atoms with van der Waals surface area (Å²) in [6, 6.07) is 1.46. The second-order valence-electron chi connectivity index (χ2n) is 5.09. The molecular weight excluding hydrogens is 243 g/mol. The molecular formula is C14H19FN4. The van der Waals surface area contributed by atoms with E-state index in [0.29, 0.717) is 11.5 Å². The number of pyridine rings is 1.